The molecule has 1 heterocycles. The molecule has 3 nitrogen and oxygen atoms in total. The normalized spacial score (nSPS) is 10.4. The Morgan fingerprint density at radius 2 is 1.72 bits per heavy atom. The van der Waals surface area contributed by atoms with Gasteiger partial charge >= 0.3 is 0 Å². The predicted molar refractivity (Wildman–Crippen MR) is 73.4 cm³/mol. The molecular formula is C15H13N3. The van der Waals surface area contributed by atoms with Crippen LogP contribution in [0.15, 0.2) is 67.0 Å². The zero-order chi connectivity index (χ0) is 12.4. The smallest absolute Gasteiger partial charge is 0.0875 e. The molecular weight excluding hydrogens is 222 g/mol. The van der Waals surface area contributed by atoms with Crippen molar-refractivity contribution in [2.75, 3.05) is 5.73 Å². The Labute approximate surface area is 105 Å². The van der Waals surface area contributed by atoms with Crippen molar-refractivity contribution in [3.8, 4) is 16.8 Å². The van der Waals surface area contributed by atoms with Gasteiger partial charge in [-0.2, -0.15) is 5.10 Å². The highest BCUT2D eigenvalue weighted by molar-refractivity contribution is 5.72. The van der Waals surface area contributed by atoms with E-state index in [-0.39, 0.29) is 0 Å². The number of hydrogen-bond acceptors (Lipinski definition) is 2. The Morgan fingerprint density at radius 3 is 2.39 bits per heavy atom. The third-order valence-corrected chi connectivity index (χ3v) is 2.89. The van der Waals surface area contributed by atoms with Crippen molar-refractivity contribution in [3.05, 3.63) is 67.0 Å². The summed E-state index contributed by atoms with van der Waals surface area (Å²) < 4.78 is 1.77. The summed E-state index contributed by atoms with van der Waals surface area (Å²) in [5.41, 5.74) is 9.99. The van der Waals surface area contributed by atoms with Crippen LogP contribution in [0.25, 0.3) is 16.8 Å². The summed E-state index contributed by atoms with van der Waals surface area (Å²) in [5.74, 6) is 0. The van der Waals surface area contributed by atoms with E-state index >= 15 is 0 Å². The summed E-state index contributed by atoms with van der Waals surface area (Å²) in [6.07, 6.45) is 3.62. The van der Waals surface area contributed by atoms with Gasteiger partial charge in [0.1, 0.15) is 0 Å². The van der Waals surface area contributed by atoms with E-state index in [1.807, 2.05) is 42.6 Å². The second-order valence-corrected chi connectivity index (χ2v) is 4.09. The van der Waals surface area contributed by atoms with Crippen LogP contribution in [-0.4, -0.2) is 9.78 Å². The van der Waals surface area contributed by atoms with E-state index in [1.54, 1.807) is 10.9 Å². The molecule has 0 bridgehead atoms. The fraction of sp³-hybridized carbons (Fsp3) is 0. The molecule has 0 aliphatic carbocycles. The Kier molecular flexibility index (Phi) is 2.57. The van der Waals surface area contributed by atoms with E-state index in [2.05, 4.69) is 23.3 Å². The lowest BCUT2D eigenvalue weighted by Gasteiger charge is -2.08. The first-order valence-electron chi connectivity index (χ1n) is 5.79. The van der Waals surface area contributed by atoms with Crippen molar-refractivity contribution in [1.29, 1.82) is 0 Å². The molecule has 0 atom stereocenters. The van der Waals surface area contributed by atoms with Gasteiger partial charge in [0, 0.05) is 12.4 Å². The molecule has 3 heteroatoms. The molecule has 18 heavy (non-hydrogen) atoms. The Bertz CT molecular complexity index is 643. The fourth-order valence-corrected chi connectivity index (χ4v) is 1.98. The van der Waals surface area contributed by atoms with Gasteiger partial charge in [-0.1, -0.05) is 36.4 Å². The molecule has 2 aromatic carbocycles. The highest BCUT2D eigenvalue weighted by Gasteiger charge is 2.04. The zero-order valence-corrected chi connectivity index (χ0v) is 9.82. The Balaban J connectivity index is 2.05. The third kappa shape index (κ3) is 1.86. The van der Waals surface area contributed by atoms with Gasteiger partial charge < -0.3 is 5.73 Å². The van der Waals surface area contributed by atoms with Gasteiger partial charge in [-0.3, -0.25) is 0 Å². The van der Waals surface area contributed by atoms with Crippen molar-refractivity contribution < 1.29 is 0 Å². The average Bonchev–Trinajstić information content (AvgIpc) is 2.93. The van der Waals surface area contributed by atoms with Crippen LogP contribution in [0, 0.1) is 0 Å². The molecule has 0 saturated heterocycles. The summed E-state index contributed by atoms with van der Waals surface area (Å²) in [5, 5.41) is 4.19. The number of nitrogens with zero attached hydrogens (tertiary/aromatic N) is 2. The molecule has 0 saturated carbocycles. The fourth-order valence-electron chi connectivity index (χ4n) is 1.98. The van der Waals surface area contributed by atoms with Gasteiger partial charge in [0.25, 0.3) is 0 Å². The lowest BCUT2D eigenvalue weighted by molar-refractivity contribution is 0.883. The van der Waals surface area contributed by atoms with Gasteiger partial charge in [-0.05, 0) is 29.3 Å². The van der Waals surface area contributed by atoms with Crippen LogP contribution in [0.3, 0.4) is 0 Å². The van der Waals surface area contributed by atoms with Crippen molar-refractivity contribution in [2.24, 2.45) is 0 Å². The average molecular weight is 235 g/mol. The number of nitrogens with two attached hydrogens (primary N) is 1. The molecule has 1 aromatic heterocycles. The molecule has 3 rings (SSSR count). The van der Waals surface area contributed by atoms with Crippen molar-refractivity contribution in [2.45, 2.75) is 0 Å². The van der Waals surface area contributed by atoms with Gasteiger partial charge in [0.2, 0.25) is 0 Å². The van der Waals surface area contributed by atoms with E-state index in [4.69, 9.17) is 5.73 Å². The highest BCUT2D eigenvalue weighted by Crippen LogP contribution is 2.25. The minimum atomic E-state index is 0.722. The molecule has 2 N–H and O–H groups in total. The maximum Gasteiger partial charge on any atom is 0.0875 e. The van der Waals surface area contributed by atoms with Gasteiger partial charge in [0.15, 0.2) is 0 Å². The second-order valence-electron chi connectivity index (χ2n) is 4.09. The van der Waals surface area contributed by atoms with Crippen LogP contribution in [0.4, 0.5) is 5.69 Å². The molecule has 0 unspecified atom stereocenters. The first kappa shape index (κ1) is 10.6. The monoisotopic (exact) mass is 235 g/mol. The maximum atomic E-state index is 6.09. The summed E-state index contributed by atoms with van der Waals surface area (Å²) in [4.78, 5) is 0. The first-order chi connectivity index (χ1) is 8.84. The SMILES string of the molecule is Nc1cc(-c2ccccc2)ccc1-n1cccn1. The van der Waals surface area contributed by atoms with E-state index in [0.29, 0.717) is 0 Å². The minimum absolute atomic E-state index is 0.722. The summed E-state index contributed by atoms with van der Waals surface area (Å²) in [6, 6.07) is 18.1. The van der Waals surface area contributed by atoms with Gasteiger partial charge in [-0.25, -0.2) is 4.68 Å². The van der Waals surface area contributed by atoms with Gasteiger partial charge in [0.05, 0.1) is 11.4 Å². The Morgan fingerprint density at radius 1 is 0.889 bits per heavy atom. The number of aromatic nitrogens is 2. The number of nitrogen functional groups attached to an aromatic ring is 1. The summed E-state index contributed by atoms with van der Waals surface area (Å²) in [7, 11) is 0. The van der Waals surface area contributed by atoms with Gasteiger partial charge in [-0.15, -0.1) is 0 Å². The minimum Gasteiger partial charge on any atom is -0.397 e. The van der Waals surface area contributed by atoms with Crippen LogP contribution >= 0.6 is 0 Å². The largest absolute Gasteiger partial charge is 0.397 e. The molecule has 0 radical (unpaired) electrons. The quantitative estimate of drug-likeness (QED) is 0.693. The molecule has 88 valence electrons. The van der Waals surface area contributed by atoms with Crippen LogP contribution < -0.4 is 5.73 Å². The third-order valence-electron chi connectivity index (χ3n) is 2.89. The van der Waals surface area contributed by atoms with Crippen molar-refractivity contribution in [3.63, 3.8) is 0 Å². The molecule has 0 fully saturated rings. The predicted octanol–water partition coefficient (Wildman–Crippen LogP) is 3.12. The number of hydrogen-bond donors (Lipinski definition) is 1. The van der Waals surface area contributed by atoms with E-state index in [0.717, 1.165) is 22.5 Å². The molecule has 0 spiro atoms. The summed E-state index contributed by atoms with van der Waals surface area (Å²) in [6.45, 7) is 0. The Hall–Kier alpha value is -2.55. The molecule has 0 aliphatic heterocycles. The van der Waals surface area contributed by atoms with E-state index in [9.17, 15) is 0 Å². The number of benzene rings is 2. The van der Waals surface area contributed by atoms with Crippen molar-refractivity contribution in [1.82, 2.24) is 9.78 Å². The standard InChI is InChI=1S/C15H13N3/c16-14-11-13(12-5-2-1-3-6-12)7-8-15(14)18-10-4-9-17-18/h1-11H,16H2. The topological polar surface area (TPSA) is 43.8 Å². The zero-order valence-electron chi connectivity index (χ0n) is 9.82. The number of anilines is 1. The molecule has 0 aliphatic rings. The van der Waals surface area contributed by atoms with E-state index in [1.165, 1.54) is 0 Å². The molecule has 3 aromatic rings. The van der Waals surface area contributed by atoms with Crippen LogP contribution in [0.5, 0.6) is 0 Å². The maximum absolute atomic E-state index is 6.09. The first-order valence-corrected chi connectivity index (χ1v) is 5.79. The van der Waals surface area contributed by atoms with E-state index < -0.39 is 0 Å². The second kappa shape index (κ2) is 4.37. The van der Waals surface area contributed by atoms with Crippen LogP contribution in [0.1, 0.15) is 0 Å². The number of rotatable bonds is 2. The highest BCUT2D eigenvalue weighted by atomic mass is 15.3. The lowest BCUT2D eigenvalue weighted by atomic mass is 10.0. The molecule has 0 amide bonds. The summed E-state index contributed by atoms with van der Waals surface area (Å²) >= 11 is 0. The van der Waals surface area contributed by atoms with Crippen LogP contribution in [-0.2, 0) is 0 Å². The van der Waals surface area contributed by atoms with Crippen LogP contribution in [0.2, 0.25) is 0 Å². The van der Waals surface area contributed by atoms with Crippen molar-refractivity contribution >= 4 is 5.69 Å². The lowest BCUT2D eigenvalue weighted by Crippen LogP contribution is -2.00.